The first kappa shape index (κ1) is 36.2. The molecule has 0 N–H and O–H groups in total. The van der Waals surface area contributed by atoms with E-state index in [1.807, 2.05) is 23.9 Å². The van der Waals surface area contributed by atoms with Crippen molar-refractivity contribution in [2.24, 2.45) is 0 Å². The van der Waals surface area contributed by atoms with E-state index in [0.29, 0.717) is 17.5 Å². The number of fused-ring (bicyclic) bond motifs is 9. The lowest BCUT2D eigenvalue weighted by Gasteiger charge is -2.39. The molecule has 1 spiro atoms. The minimum atomic E-state index is -0.405. The molecular weight excluding hydrogens is 771 g/mol. The minimum absolute atomic E-state index is 0.405. The molecule has 0 amide bonds. The summed E-state index contributed by atoms with van der Waals surface area (Å²) in [5.74, 6) is 1.88. The topological polar surface area (TPSA) is 38.7 Å². The molecule has 2 aliphatic rings. The van der Waals surface area contributed by atoms with Crippen LogP contribution in [0.3, 0.4) is 0 Å². The van der Waals surface area contributed by atoms with Crippen molar-refractivity contribution < 1.29 is 0 Å². The van der Waals surface area contributed by atoms with Crippen LogP contribution in [0.15, 0.2) is 234 Å². The highest BCUT2D eigenvalue weighted by atomic mass is 32.2. The molecule has 1 aliphatic heterocycles. The van der Waals surface area contributed by atoms with Gasteiger partial charge in [-0.2, -0.15) is 0 Å². The van der Waals surface area contributed by atoms with Crippen molar-refractivity contribution in [3.8, 4) is 78.7 Å². The predicted molar refractivity (Wildman–Crippen MR) is 254 cm³/mol. The Bertz CT molecular complexity index is 3190. The van der Waals surface area contributed by atoms with E-state index in [9.17, 15) is 0 Å². The fraction of sp³-hybridized carbons (Fsp3) is 0.0172. The first-order valence-corrected chi connectivity index (χ1v) is 21.8. The van der Waals surface area contributed by atoms with Crippen LogP contribution in [0.2, 0.25) is 0 Å². The SMILES string of the molecule is c1ccc(-c2cccc(-c3nc(-c4cccc(-c5ccccc5)c4)nc(-c4cccc(-c5ccc6c(c5)Sc5ccccc5C65c6ccccc6-c6ccccc65)c4)n3)c2)cc1. The van der Waals surface area contributed by atoms with Crippen LogP contribution in [-0.4, -0.2) is 15.0 Å². The van der Waals surface area contributed by atoms with Gasteiger partial charge in [-0.25, -0.2) is 15.0 Å². The van der Waals surface area contributed by atoms with Gasteiger partial charge in [0.05, 0.1) is 5.41 Å². The summed E-state index contributed by atoms with van der Waals surface area (Å²) in [5.41, 5.74) is 17.1. The lowest BCUT2D eigenvalue weighted by molar-refractivity contribution is 0.722. The van der Waals surface area contributed by atoms with Gasteiger partial charge in [0.2, 0.25) is 0 Å². The molecule has 9 aromatic carbocycles. The zero-order chi connectivity index (χ0) is 41.0. The molecule has 3 nitrogen and oxygen atoms in total. The van der Waals surface area contributed by atoms with E-state index < -0.39 is 5.41 Å². The summed E-state index contributed by atoms with van der Waals surface area (Å²) in [6, 6.07) is 80.4. The van der Waals surface area contributed by atoms with Crippen LogP contribution >= 0.6 is 11.8 Å². The van der Waals surface area contributed by atoms with Crippen molar-refractivity contribution in [2.45, 2.75) is 15.2 Å². The molecule has 1 aromatic heterocycles. The second-order valence-electron chi connectivity index (χ2n) is 15.9. The molecule has 10 aromatic rings. The summed E-state index contributed by atoms with van der Waals surface area (Å²) in [7, 11) is 0. The number of aromatic nitrogens is 3. The molecule has 290 valence electrons. The largest absolute Gasteiger partial charge is 0.208 e. The molecule has 4 heteroatoms. The maximum Gasteiger partial charge on any atom is 0.164 e. The van der Waals surface area contributed by atoms with Crippen molar-refractivity contribution in [3.05, 3.63) is 247 Å². The van der Waals surface area contributed by atoms with E-state index in [1.54, 1.807) is 0 Å². The molecule has 0 fully saturated rings. The Morgan fingerprint density at radius 3 is 1.15 bits per heavy atom. The summed E-state index contributed by atoms with van der Waals surface area (Å²) < 4.78 is 0. The third-order valence-electron chi connectivity index (χ3n) is 12.4. The van der Waals surface area contributed by atoms with E-state index in [-0.39, 0.29) is 0 Å². The number of rotatable bonds is 6. The Balaban J connectivity index is 0.990. The van der Waals surface area contributed by atoms with Crippen molar-refractivity contribution in [1.82, 2.24) is 15.0 Å². The van der Waals surface area contributed by atoms with Crippen LogP contribution in [0.25, 0.3) is 78.7 Å². The summed E-state index contributed by atoms with van der Waals surface area (Å²) in [4.78, 5) is 18.1. The molecule has 0 saturated heterocycles. The molecule has 12 rings (SSSR count). The minimum Gasteiger partial charge on any atom is -0.208 e. The highest BCUT2D eigenvalue weighted by molar-refractivity contribution is 7.99. The number of nitrogens with zero attached hydrogens (tertiary/aromatic N) is 3. The van der Waals surface area contributed by atoms with Crippen LogP contribution in [0, 0.1) is 0 Å². The third kappa shape index (κ3) is 5.94. The van der Waals surface area contributed by atoms with E-state index in [1.165, 1.54) is 43.2 Å². The third-order valence-corrected chi connectivity index (χ3v) is 13.5. The van der Waals surface area contributed by atoms with Gasteiger partial charge in [-0.3, -0.25) is 0 Å². The molecule has 0 saturated carbocycles. The molecule has 2 heterocycles. The van der Waals surface area contributed by atoms with Gasteiger partial charge < -0.3 is 0 Å². The van der Waals surface area contributed by atoms with Gasteiger partial charge in [0.1, 0.15) is 0 Å². The summed E-state index contributed by atoms with van der Waals surface area (Å²) in [5, 5.41) is 0. The molecule has 1 aliphatic carbocycles. The fourth-order valence-electron chi connectivity index (χ4n) is 9.58. The number of benzene rings is 9. The second kappa shape index (κ2) is 14.8. The van der Waals surface area contributed by atoms with Gasteiger partial charge in [-0.1, -0.05) is 206 Å². The van der Waals surface area contributed by atoms with E-state index in [2.05, 4.69) is 212 Å². The Morgan fingerprint density at radius 2 is 0.629 bits per heavy atom. The Hall–Kier alpha value is -7.66. The fourth-order valence-corrected chi connectivity index (χ4v) is 10.8. The van der Waals surface area contributed by atoms with E-state index in [0.717, 1.165) is 50.1 Å². The Labute approximate surface area is 365 Å². The zero-order valence-corrected chi connectivity index (χ0v) is 34.4. The summed E-state index contributed by atoms with van der Waals surface area (Å²) in [6.45, 7) is 0. The molecule has 62 heavy (non-hydrogen) atoms. The van der Waals surface area contributed by atoms with Crippen molar-refractivity contribution >= 4 is 11.8 Å². The van der Waals surface area contributed by atoms with E-state index in [4.69, 9.17) is 15.0 Å². The average Bonchev–Trinajstić information content (AvgIpc) is 3.65. The molecule has 0 bridgehead atoms. The first-order chi connectivity index (χ1) is 30.7. The molecule has 0 atom stereocenters. The van der Waals surface area contributed by atoms with Gasteiger partial charge in [0.15, 0.2) is 17.5 Å². The van der Waals surface area contributed by atoms with Crippen molar-refractivity contribution in [3.63, 3.8) is 0 Å². The van der Waals surface area contributed by atoms with E-state index >= 15 is 0 Å². The van der Waals surface area contributed by atoms with Crippen LogP contribution in [0.4, 0.5) is 0 Å². The zero-order valence-electron chi connectivity index (χ0n) is 33.6. The van der Waals surface area contributed by atoms with Crippen molar-refractivity contribution in [2.75, 3.05) is 0 Å². The average molecular weight is 808 g/mol. The van der Waals surface area contributed by atoms with Crippen LogP contribution < -0.4 is 0 Å². The molecule has 0 unspecified atom stereocenters. The summed E-state index contributed by atoms with van der Waals surface area (Å²) in [6.07, 6.45) is 0. The predicted octanol–water partition coefficient (Wildman–Crippen LogP) is 14.7. The smallest absolute Gasteiger partial charge is 0.164 e. The maximum atomic E-state index is 5.21. The Kier molecular flexibility index (Phi) is 8.65. The Morgan fingerprint density at radius 1 is 0.258 bits per heavy atom. The van der Waals surface area contributed by atoms with Gasteiger partial charge in [0.25, 0.3) is 0 Å². The monoisotopic (exact) mass is 807 g/mol. The molecule has 0 radical (unpaired) electrons. The molecular formula is C58H37N3S. The number of hydrogen-bond acceptors (Lipinski definition) is 4. The van der Waals surface area contributed by atoms with Gasteiger partial charge in [-0.05, 0) is 97.1 Å². The van der Waals surface area contributed by atoms with Gasteiger partial charge in [0, 0.05) is 26.5 Å². The van der Waals surface area contributed by atoms with Crippen LogP contribution in [0.5, 0.6) is 0 Å². The highest BCUT2D eigenvalue weighted by Gasteiger charge is 2.50. The standard InChI is InChI=1S/C58H37N3S/c1-3-16-38(17-4-1)40-20-13-23-44(34-40)55-59-56(45-24-14-21-41(35-45)39-18-5-2-6-19-39)61-57(60-55)46-25-15-22-42(36-46)43-32-33-52-54(37-43)62-53-31-12-11-30-51(53)58(52)49-28-9-7-26-47(49)48-27-8-10-29-50(48)58/h1-37H. The normalized spacial score (nSPS) is 12.9. The van der Waals surface area contributed by atoms with Gasteiger partial charge >= 0.3 is 0 Å². The van der Waals surface area contributed by atoms with Crippen LogP contribution in [0.1, 0.15) is 22.3 Å². The summed E-state index contributed by atoms with van der Waals surface area (Å²) >= 11 is 1.87. The highest BCUT2D eigenvalue weighted by Crippen LogP contribution is 2.62. The lowest BCUT2D eigenvalue weighted by Crippen LogP contribution is -2.31. The first-order valence-electron chi connectivity index (χ1n) is 21.0. The quantitative estimate of drug-likeness (QED) is 0.168. The maximum absolute atomic E-state index is 5.21. The number of hydrogen-bond donors (Lipinski definition) is 0. The van der Waals surface area contributed by atoms with Crippen molar-refractivity contribution in [1.29, 1.82) is 0 Å². The van der Waals surface area contributed by atoms with Crippen LogP contribution in [-0.2, 0) is 5.41 Å². The second-order valence-corrected chi connectivity index (χ2v) is 17.0. The lowest BCUT2D eigenvalue weighted by atomic mass is 9.67. The van der Waals surface area contributed by atoms with Gasteiger partial charge in [-0.15, -0.1) is 0 Å².